The van der Waals surface area contributed by atoms with Gasteiger partial charge in [0.1, 0.15) is 6.61 Å². The van der Waals surface area contributed by atoms with Crippen LogP contribution in [0.5, 0.6) is 11.5 Å². The third kappa shape index (κ3) is 6.67. The second-order valence-corrected chi connectivity index (χ2v) is 9.31. The number of ether oxygens (including phenoxy) is 3. The molecule has 1 aliphatic heterocycles. The number of carbonyl (C=O) groups is 3. The monoisotopic (exact) mass is 502 g/mol. The summed E-state index contributed by atoms with van der Waals surface area (Å²) in [6.45, 7) is 3.52. The van der Waals surface area contributed by atoms with Gasteiger partial charge in [-0.05, 0) is 35.9 Å². The number of hydrogen-bond donors (Lipinski definition) is 1. The molecule has 0 saturated carbocycles. The van der Waals surface area contributed by atoms with Gasteiger partial charge in [-0.2, -0.15) is 4.31 Å². The zero-order valence-electron chi connectivity index (χ0n) is 19.3. The number of carbonyl (C=O) groups excluding carboxylic acids is 3. The fourth-order valence-corrected chi connectivity index (χ4v) is 4.67. The molecule has 2 aromatic rings. The molecular weight excluding hydrogens is 476 g/mol. The van der Waals surface area contributed by atoms with E-state index in [9.17, 15) is 22.8 Å². The quantitative estimate of drug-likeness (QED) is 0.406. The number of fused-ring (bicyclic) bond motifs is 1. The van der Waals surface area contributed by atoms with Gasteiger partial charge in [0.25, 0.3) is 11.8 Å². The van der Waals surface area contributed by atoms with E-state index in [4.69, 9.17) is 14.2 Å². The highest BCUT2D eigenvalue weighted by Crippen LogP contribution is 2.30. The molecule has 186 valence electrons. The molecule has 2 amide bonds. The second-order valence-electron chi connectivity index (χ2n) is 7.38. The van der Waals surface area contributed by atoms with Crippen molar-refractivity contribution in [1.82, 2.24) is 9.62 Å². The summed E-state index contributed by atoms with van der Waals surface area (Å²) in [7, 11) is -3.57. The van der Waals surface area contributed by atoms with Crippen molar-refractivity contribution in [2.75, 3.05) is 26.3 Å². The Labute approximate surface area is 203 Å². The van der Waals surface area contributed by atoms with E-state index in [1.165, 1.54) is 22.5 Å². The van der Waals surface area contributed by atoms with Gasteiger partial charge in [-0.25, -0.2) is 13.2 Å². The summed E-state index contributed by atoms with van der Waals surface area (Å²) >= 11 is 0. The summed E-state index contributed by atoms with van der Waals surface area (Å²) in [6, 6.07) is 12.8. The highest BCUT2D eigenvalue weighted by molar-refractivity contribution is 7.89. The van der Waals surface area contributed by atoms with Crippen molar-refractivity contribution in [1.29, 1.82) is 0 Å². The summed E-state index contributed by atoms with van der Waals surface area (Å²) in [4.78, 5) is 36.2. The minimum absolute atomic E-state index is 0.0618. The fraction of sp³-hybridized carbons (Fsp3) is 0.292. The van der Waals surface area contributed by atoms with Crippen molar-refractivity contribution in [2.45, 2.75) is 24.8 Å². The van der Waals surface area contributed by atoms with Crippen LogP contribution in [-0.4, -0.2) is 62.9 Å². The first-order chi connectivity index (χ1) is 16.7. The number of benzene rings is 2. The fourth-order valence-electron chi connectivity index (χ4n) is 3.22. The molecule has 3 rings (SSSR count). The molecule has 0 radical (unpaired) electrons. The van der Waals surface area contributed by atoms with E-state index in [1.807, 2.05) is 0 Å². The van der Waals surface area contributed by atoms with E-state index >= 15 is 0 Å². The highest BCUT2D eigenvalue weighted by atomic mass is 32.2. The summed E-state index contributed by atoms with van der Waals surface area (Å²) in [5.41, 5.74) is 0.565. The second kappa shape index (κ2) is 11.6. The van der Waals surface area contributed by atoms with Crippen LogP contribution in [0.3, 0.4) is 0 Å². The van der Waals surface area contributed by atoms with Crippen LogP contribution in [0.15, 0.2) is 59.5 Å². The lowest BCUT2D eigenvalue weighted by Crippen LogP contribution is -2.47. The van der Waals surface area contributed by atoms with Gasteiger partial charge in [-0.3, -0.25) is 14.9 Å². The predicted octanol–water partition coefficient (Wildman–Crippen LogP) is 1.76. The molecule has 1 aliphatic rings. The van der Waals surface area contributed by atoms with Gasteiger partial charge < -0.3 is 14.2 Å². The van der Waals surface area contributed by atoms with Crippen LogP contribution in [0.1, 0.15) is 19.4 Å². The van der Waals surface area contributed by atoms with Crippen molar-refractivity contribution in [3.8, 4) is 11.5 Å². The number of nitrogens with zero attached hydrogens (tertiary/aromatic N) is 1. The van der Waals surface area contributed by atoms with Crippen LogP contribution in [-0.2, 0) is 29.1 Å². The van der Waals surface area contributed by atoms with E-state index in [1.54, 1.807) is 50.2 Å². The van der Waals surface area contributed by atoms with E-state index < -0.39 is 40.5 Å². The number of imide groups is 1. The van der Waals surface area contributed by atoms with Crippen LogP contribution in [0.4, 0.5) is 0 Å². The molecule has 1 heterocycles. The molecule has 0 saturated heterocycles. The number of nitrogens with one attached hydrogen (secondary N) is 1. The van der Waals surface area contributed by atoms with Gasteiger partial charge in [0, 0.05) is 19.2 Å². The molecule has 11 heteroatoms. The third-order valence-corrected chi connectivity index (χ3v) is 7.11. The van der Waals surface area contributed by atoms with Gasteiger partial charge in [0.2, 0.25) is 16.1 Å². The zero-order valence-corrected chi connectivity index (χ0v) is 20.1. The lowest BCUT2D eigenvalue weighted by molar-refractivity contribution is -0.146. The molecule has 0 bridgehead atoms. The maximum absolute atomic E-state index is 12.5. The lowest BCUT2D eigenvalue weighted by atomic mass is 10.2. The smallest absolute Gasteiger partial charge is 0.331 e. The van der Waals surface area contributed by atoms with Gasteiger partial charge in [0.15, 0.2) is 18.1 Å². The summed E-state index contributed by atoms with van der Waals surface area (Å²) in [5.74, 6) is -1.44. The van der Waals surface area contributed by atoms with E-state index in [-0.39, 0.29) is 11.5 Å². The SMILES string of the molecule is CCN(CC)S(=O)(=O)c1ccc(/C=C/C(=O)OCC(=O)NC(=O)[C@H]2COc3ccccc3O2)cc1. The Morgan fingerprint density at radius 1 is 1.06 bits per heavy atom. The number of esters is 1. The number of para-hydroxylation sites is 2. The van der Waals surface area contributed by atoms with Crippen LogP contribution in [0.25, 0.3) is 6.08 Å². The summed E-state index contributed by atoms with van der Waals surface area (Å²) < 4.78 is 42.2. The molecular formula is C24H26N2O8S. The van der Waals surface area contributed by atoms with E-state index in [0.717, 1.165) is 6.08 Å². The molecule has 0 unspecified atom stereocenters. The van der Waals surface area contributed by atoms with Gasteiger partial charge >= 0.3 is 5.97 Å². The third-order valence-electron chi connectivity index (χ3n) is 5.04. The zero-order chi connectivity index (χ0) is 25.4. The Bertz CT molecular complexity index is 1200. The molecule has 0 aromatic heterocycles. The van der Waals surface area contributed by atoms with Crippen LogP contribution < -0.4 is 14.8 Å². The minimum Gasteiger partial charge on any atom is -0.485 e. The Hall–Kier alpha value is -3.70. The largest absolute Gasteiger partial charge is 0.485 e. The maximum atomic E-state index is 12.5. The van der Waals surface area contributed by atoms with Crippen molar-refractivity contribution < 1.29 is 37.0 Å². The molecule has 1 N–H and O–H groups in total. The molecule has 35 heavy (non-hydrogen) atoms. The Morgan fingerprint density at radius 2 is 1.71 bits per heavy atom. The number of amides is 2. The van der Waals surface area contributed by atoms with Gasteiger partial charge in [0.05, 0.1) is 4.90 Å². The number of hydrogen-bond acceptors (Lipinski definition) is 8. The predicted molar refractivity (Wildman–Crippen MR) is 126 cm³/mol. The lowest BCUT2D eigenvalue weighted by Gasteiger charge is -2.25. The first-order valence-corrected chi connectivity index (χ1v) is 12.4. The topological polar surface area (TPSA) is 128 Å². The standard InChI is InChI=1S/C24H26N2O8S/c1-3-26(4-2)35(30,31)18-12-9-17(10-13-18)11-14-23(28)33-16-22(27)25-24(29)21-15-32-19-7-5-6-8-20(19)34-21/h5-14,21H,3-4,15-16H2,1-2H3,(H,25,27,29)/b14-11+/t21-/m1/s1. The van der Waals surface area contributed by atoms with Gasteiger partial charge in [-0.15, -0.1) is 0 Å². The van der Waals surface area contributed by atoms with Crippen molar-refractivity contribution in [3.05, 3.63) is 60.2 Å². The first-order valence-electron chi connectivity index (χ1n) is 10.9. The normalized spacial score (nSPS) is 15.1. The van der Waals surface area contributed by atoms with Crippen LogP contribution in [0, 0.1) is 0 Å². The molecule has 2 aromatic carbocycles. The van der Waals surface area contributed by atoms with Crippen molar-refractivity contribution in [2.24, 2.45) is 0 Å². The van der Waals surface area contributed by atoms with Crippen LogP contribution >= 0.6 is 0 Å². The highest BCUT2D eigenvalue weighted by Gasteiger charge is 2.28. The first kappa shape index (κ1) is 25.9. The van der Waals surface area contributed by atoms with E-state index in [0.29, 0.717) is 30.2 Å². The molecule has 0 spiro atoms. The maximum Gasteiger partial charge on any atom is 0.331 e. The number of sulfonamides is 1. The average Bonchev–Trinajstić information content (AvgIpc) is 2.86. The summed E-state index contributed by atoms with van der Waals surface area (Å²) in [5, 5.41) is 2.10. The Kier molecular flexibility index (Phi) is 8.61. The van der Waals surface area contributed by atoms with Crippen LogP contribution in [0.2, 0.25) is 0 Å². The molecule has 0 aliphatic carbocycles. The minimum atomic E-state index is -3.57. The summed E-state index contributed by atoms with van der Waals surface area (Å²) in [6.07, 6.45) is 1.50. The Morgan fingerprint density at radius 3 is 2.37 bits per heavy atom. The number of rotatable bonds is 9. The van der Waals surface area contributed by atoms with E-state index in [2.05, 4.69) is 5.32 Å². The van der Waals surface area contributed by atoms with Crippen molar-refractivity contribution >= 4 is 33.9 Å². The molecule has 0 fully saturated rings. The molecule has 10 nitrogen and oxygen atoms in total. The average molecular weight is 503 g/mol. The van der Waals surface area contributed by atoms with Crippen molar-refractivity contribution in [3.63, 3.8) is 0 Å². The molecule has 1 atom stereocenters. The van der Waals surface area contributed by atoms with Gasteiger partial charge in [-0.1, -0.05) is 38.1 Å². The Balaban J connectivity index is 1.46.